The number of aryl methyl sites for hydroxylation is 1. The van der Waals surface area contributed by atoms with Gasteiger partial charge in [0.05, 0.1) is 10.4 Å². The van der Waals surface area contributed by atoms with Crippen LogP contribution in [0.4, 0.5) is 0 Å². The largest absolute Gasteiger partial charge is 0.283 e. The van der Waals surface area contributed by atoms with Gasteiger partial charge in [-0.15, -0.1) is 5.10 Å². The minimum Gasteiger partial charge on any atom is -0.199 e. The smallest absolute Gasteiger partial charge is 0.199 e. The third kappa shape index (κ3) is 1.90. The lowest BCUT2D eigenvalue weighted by Gasteiger charge is -2.08. The molecule has 0 aliphatic rings. The Labute approximate surface area is 121 Å². The summed E-state index contributed by atoms with van der Waals surface area (Å²) in [4.78, 5) is 0.227. The number of hydrogen-bond acceptors (Lipinski definition) is 3. The molecule has 4 nitrogen and oxygen atoms in total. The van der Waals surface area contributed by atoms with Crippen molar-refractivity contribution >= 4 is 32.5 Å². The summed E-state index contributed by atoms with van der Waals surface area (Å²) in [5.41, 5.74) is 1.14. The first-order valence-corrected chi connectivity index (χ1v) is 7.78. The van der Waals surface area contributed by atoms with Crippen molar-refractivity contribution in [3.63, 3.8) is 0 Å². The Hall–Kier alpha value is -1.85. The summed E-state index contributed by atoms with van der Waals surface area (Å²) in [5.74, 6) is 0. The van der Waals surface area contributed by atoms with Gasteiger partial charge in [-0.2, -0.15) is 12.5 Å². The highest BCUT2D eigenvalue weighted by Gasteiger charge is 2.23. The standard InChI is InChI=1S/C14H11ClN2O2S/c1-10-6-2-5-9-13(10)20(18,19)17-12-8-4-3-7-11(12)14(15)16-17/h2-9H,1H3. The maximum absolute atomic E-state index is 12.7. The second-order valence-corrected chi connectivity index (χ2v) is 6.52. The molecule has 0 spiro atoms. The summed E-state index contributed by atoms with van der Waals surface area (Å²) in [5, 5.41) is 4.77. The van der Waals surface area contributed by atoms with Crippen LogP contribution >= 0.6 is 11.6 Å². The van der Waals surface area contributed by atoms with E-state index in [4.69, 9.17) is 11.6 Å². The summed E-state index contributed by atoms with van der Waals surface area (Å²) in [6, 6.07) is 13.8. The van der Waals surface area contributed by atoms with Crippen LogP contribution in [0.15, 0.2) is 53.4 Å². The molecular weight excluding hydrogens is 296 g/mol. The van der Waals surface area contributed by atoms with Gasteiger partial charge in [-0.05, 0) is 30.7 Å². The number of para-hydroxylation sites is 1. The normalized spacial score (nSPS) is 11.9. The van der Waals surface area contributed by atoms with Crippen molar-refractivity contribution in [2.45, 2.75) is 11.8 Å². The third-order valence-electron chi connectivity index (χ3n) is 3.11. The Morgan fingerprint density at radius 3 is 2.45 bits per heavy atom. The molecule has 1 aromatic heterocycles. The number of aromatic nitrogens is 2. The maximum Gasteiger partial charge on any atom is 0.283 e. The predicted octanol–water partition coefficient (Wildman–Crippen LogP) is 3.24. The second-order valence-electron chi connectivity index (χ2n) is 4.42. The second kappa shape index (κ2) is 4.61. The Morgan fingerprint density at radius 1 is 1.05 bits per heavy atom. The quantitative estimate of drug-likeness (QED) is 0.730. The van der Waals surface area contributed by atoms with E-state index in [0.29, 0.717) is 16.5 Å². The van der Waals surface area contributed by atoms with Crippen molar-refractivity contribution in [2.24, 2.45) is 0 Å². The number of nitrogens with zero attached hydrogens (tertiary/aromatic N) is 2. The van der Waals surface area contributed by atoms with Crippen molar-refractivity contribution in [3.05, 3.63) is 59.2 Å². The first-order valence-electron chi connectivity index (χ1n) is 5.96. The molecule has 3 aromatic rings. The van der Waals surface area contributed by atoms with Gasteiger partial charge in [0.15, 0.2) is 5.15 Å². The molecule has 0 saturated heterocycles. The molecule has 0 N–H and O–H groups in total. The Balaban J connectivity index is 2.33. The van der Waals surface area contributed by atoms with Gasteiger partial charge in [-0.3, -0.25) is 0 Å². The highest BCUT2D eigenvalue weighted by molar-refractivity contribution is 7.90. The van der Waals surface area contributed by atoms with Crippen molar-refractivity contribution in [3.8, 4) is 0 Å². The van der Waals surface area contributed by atoms with Crippen LogP contribution in [-0.2, 0) is 10.0 Å². The summed E-state index contributed by atoms with van der Waals surface area (Å²) in [7, 11) is -3.75. The summed E-state index contributed by atoms with van der Waals surface area (Å²) in [6.45, 7) is 1.75. The van der Waals surface area contributed by atoms with Crippen LogP contribution in [0, 0.1) is 6.92 Å². The zero-order valence-electron chi connectivity index (χ0n) is 10.6. The molecule has 0 unspecified atom stereocenters. The average Bonchev–Trinajstić information content (AvgIpc) is 2.78. The van der Waals surface area contributed by atoms with Crippen molar-refractivity contribution in [1.82, 2.24) is 9.19 Å². The first kappa shape index (κ1) is 13.1. The molecule has 0 bridgehead atoms. The summed E-state index contributed by atoms with van der Waals surface area (Å²) in [6.07, 6.45) is 0. The SMILES string of the molecule is Cc1ccccc1S(=O)(=O)n1nc(Cl)c2ccccc21. The number of rotatable bonds is 2. The van der Waals surface area contributed by atoms with Crippen molar-refractivity contribution in [1.29, 1.82) is 0 Å². The zero-order valence-corrected chi connectivity index (χ0v) is 12.2. The van der Waals surface area contributed by atoms with Gasteiger partial charge in [0, 0.05) is 5.39 Å². The van der Waals surface area contributed by atoms with Gasteiger partial charge in [-0.1, -0.05) is 41.9 Å². The minimum absolute atomic E-state index is 0.178. The zero-order chi connectivity index (χ0) is 14.3. The lowest BCUT2D eigenvalue weighted by Crippen LogP contribution is -2.15. The van der Waals surface area contributed by atoms with Gasteiger partial charge in [0.25, 0.3) is 10.0 Å². The number of hydrogen-bond donors (Lipinski definition) is 0. The molecule has 20 heavy (non-hydrogen) atoms. The van der Waals surface area contributed by atoms with Crippen LogP contribution in [0.2, 0.25) is 5.15 Å². The molecule has 102 valence electrons. The van der Waals surface area contributed by atoms with Crippen LogP contribution in [-0.4, -0.2) is 17.6 Å². The Bertz CT molecular complexity index is 900. The molecule has 0 amide bonds. The highest BCUT2D eigenvalue weighted by atomic mass is 35.5. The topological polar surface area (TPSA) is 52.0 Å². The molecule has 0 atom stereocenters. The van der Waals surface area contributed by atoms with Gasteiger partial charge < -0.3 is 0 Å². The van der Waals surface area contributed by atoms with Gasteiger partial charge >= 0.3 is 0 Å². The Kier molecular flexibility index (Phi) is 3.03. The minimum atomic E-state index is -3.75. The van der Waals surface area contributed by atoms with E-state index in [-0.39, 0.29) is 10.0 Å². The molecular formula is C14H11ClN2O2S. The molecule has 0 aliphatic heterocycles. The van der Waals surface area contributed by atoms with Crippen molar-refractivity contribution in [2.75, 3.05) is 0 Å². The van der Waals surface area contributed by atoms with Gasteiger partial charge in [0.2, 0.25) is 0 Å². The number of benzene rings is 2. The summed E-state index contributed by atoms with van der Waals surface area (Å²) < 4.78 is 26.4. The molecule has 6 heteroatoms. The van der Waals surface area contributed by atoms with E-state index in [1.807, 2.05) is 0 Å². The number of halogens is 1. The third-order valence-corrected chi connectivity index (χ3v) is 5.14. The maximum atomic E-state index is 12.7. The lowest BCUT2D eigenvalue weighted by molar-refractivity contribution is 0.581. The Morgan fingerprint density at radius 2 is 1.70 bits per heavy atom. The van der Waals surface area contributed by atoms with E-state index in [2.05, 4.69) is 5.10 Å². The predicted molar refractivity (Wildman–Crippen MR) is 78.5 cm³/mol. The van der Waals surface area contributed by atoms with Gasteiger partial charge in [0.1, 0.15) is 0 Å². The van der Waals surface area contributed by atoms with Crippen LogP contribution in [0.25, 0.3) is 10.9 Å². The molecule has 0 saturated carbocycles. The number of fused-ring (bicyclic) bond motifs is 1. The molecule has 3 rings (SSSR count). The van der Waals surface area contributed by atoms with Crippen LogP contribution in [0.3, 0.4) is 0 Å². The molecule has 0 aliphatic carbocycles. The van der Waals surface area contributed by atoms with E-state index < -0.39 is 10.0 Å². The fourth-order valence-electron chi connectivity index (χ4n) is 2.12. The van der Waals surface area contributed by atoms with Crippen LogP contribution < -0.4 is 0 Å². The van der Waals surface area contributed by atoms with E-state index in [0.717, 1.165) is 4.09 Å². The van der Waals surface area contributed by atoms with E-state index in [1.54, 1.807) is 55.5 Å². The molecule has 1 heterocycles. The van der Waals surface area contributed by atoms with E-state index in [1.165, 1.54) is 0 Å². The molecule has 0 radical (unpaired) electrons. The highest BCUT2D eigenvalue weighted by Crippen LogP contribution is 2.27. The van der Waals surface area contributed by atoms with E-state index >= 15 is 0 Å². The molecule has 2 aromatic carbocycles. The first-order chi connectivity index (χ1) is 9.51. The van der Waals surface area contributed by atoms with Gasteiger partial charge in [-0.25, -0.2) is 0 Å². The van der Waals surface area contributed by atoms with Crippen LogP contribution in [0.1, 0.15) is 5.56 Å². The lowest BCUT2D eigenvalue weighted by atomic mass is 10.2. The van der Waals surface area contributed by atoms with E-state index in [9.17, 15) is 8.42 Å². The monoisotopic (exact) mass is 306 g/mol. The fourth-order valence-corrected chi connectivity index (χ4v) is 3.92. The van der Waals surface area contributed by atoms with Crippen LogP contribution in [0.5, 0.6) is 0 Å². The molecule has 0 fully saturated rings. The van der Waals surface area contributed by atoms with Crippen molar-refractivity contribution < 1.29 is 8.42 Å². The fraction of sp³-hybridized carbons (Fsp3) is 0.0714. The average molecular weight is 307 g/mol. The summed E-state index contributed by atoms with van der Waals surface area (Å²) >= 11 is 6.01.